The first-order valence-electron chi connectivity index (χ1n) is 3.17. The number of rotatable bonds is 1. The van der Waals surface area contributed by atoms with Crippen molar-refractivity contribution in [3.05, 3.63) is 10.4 Å². The fourth-order valence-corrected chi connectivity index (χ4v) is 0.855. The third-order valence-corrected chi connectivity index (χ3v) is 1.55. The quantitative estimate of drug-likeness (QED) is 0.305. The minimum absolute atomic E-state index is 0.112. The molecule has 0 aromatic rings. The van der Waals surface area contributed by atoms with Crippen LogP contribution >= 0.6 is 0 Å². The summed E-state index contributed by atoms with van der Waals surface area (Å²) in [6.07, 6.45) is -0.112. The summed E-state index contributed by atoms with van der Waals surface area (Å²) < 4.78 is 5.10. The predicted molar refractivity (Wildman–Crippen MR) is 36.4 cm³/mol. The van der Waals surface area contributed by atoms with Crippen LogP contribution in [0.25, 0.3) is 10.4 Å². The highest BCUT2D eigenvalue weighted by Gasteiger charge is 2.16. The van der Waals surface area contributed by atoms with Gasteiger partial charge in [0, 0.05) is 11.5 Å². The summed E-state index contributed by atoms with van der Waals surface area (Å²) in [6, 6.07) is 0. The fourth-order valence-electron chi connectivity index (χ4n) is 0.855. The molecule has 0 spiro atoms. The lowest BCUT2D eigenvalue weighted by atomic mass is 10.4. The van der Waals surface area contributed by atoms with Gasteiger partial charge in [-0.25, -0.2) is 0 Å². The van der Waals surface area contributed by atoms with Gasteiger partial charge in [0.2, 0.25) is 0 Å². The topological polar surface area (TPSA) is 61.2 Å². The number of hydrogen-bond acceptors (Lipinski definition) is 3. The number of ether oxygens (including phenoxy) is 1. The zero-order valence-electron chi connectivity index (χ0n) is 5.90. The van der Waals surface area contributed by atoms with E-state index in [9.17, 15) is 0 Å². The fraction of sp³-hybridized carbons (Fsp3) is 1.00. The summed E-state index contributed by atoms with van der Waals surface area (Å²) >= 11 is 0. The smallest absolute Gasteiger partial charge is 0.112 e. The SMILES string of the molecule is CN1CCOCC1N=[N+]=[N-]. The van der Waals surface area contributed by atoms with E-state index in [0.717, 1.165) is 13.2 Å². The Hall–Kier alpha value is -0.770. The maximum atomic E-state index is 8.11. The Labute approximate surface area is 59.2 Å². The van der Waals surface area contributed by atoms with Gasteiger partial charge in [-0.3, -0.25) is 4.90 Å². The van der Waals surface area contributed by atoms with E-state index in [0.29, 0.717) is 6.61 Å². The van der Waals surface area contributed by atoms with Crippen molar-refractivity contribution in [1.29, 1.82) is 0 Å². The van der Waals surface area contributed by atoms with Gasteiger partial charge in [0.05, 0.1) is 13.2 Å². The molecule has 1 fully saturated rings. The lowest BCUT2D eigenvalue weighted by Crippen LogP contribution is -2.41. The molecule has 0 amide bonds. The van der Waals surface area contributed by atoms with Gasteiger partial charge in [-0.05, 0) is 12.6 Å². The molecule has 1 rings (SSSR count). The lowest BCUT2D eigenvalue weighted by molar-refractivity contribution is 0.00868. The molecule has 5 heteroatoms. The third-order valence-electron chi connectivity index (χ3n) is 1.55. The van der Waals surface area contributed by atoms with Crippen LogP contribution in [0.2, 0.25) is 0 Å². The van der Waals surface area contributed by atoms with E-state index < -0.39 is 0 Å². The van der Waals surface area contributed by atoms with Gasteiger partial charge < -0.3 is 4.74 Å². The van der Waals surface area contributed by atoms with Gasteiger partial charge in [0.25, 0.3) is 0 Å². The Morgan fingerprint density at radius 2 is 2.60 bits per heavy atom. The molecule has 0 N–H and O–H groups in total. The zero-order chi connectivity index (χ0) is 7.40. The van der Waals surface area contributed by atoms with Crippen molar-refractivity contribution in [3.8, 4) is 0 Å². The molecule has 0 bridgehead atoms. The van der Waals surface area contributed by atoms with Crippen molar-refractivity contribution < 1.29 is 4.74 Å². The number of nitrogens with zero attached hydrogens (tertiary/aromatic N) is 4. The van der Waals surface area contributed by atoms with Crippen molar-refractivity contribution >= 4 is 0 Å². The first-order chi connectivity index (χ1) is 4.84. The highest BCUT2D eigenvalue weighted by Crippen LogP contribution is 2.04. The molecule has 1 saturated heterocycles. The molecule has 0 aliphatic carbocycles. The Balaban J connectivity index is 2.47. The van der Waals surface area contributed by atoms with Crippen LogP contribution in [-0.2, 0) is 4.74 Å². The van der Waals surface area contributed by atoms with Gasteiger partial charge in [0.1, 0.15) is 6.17 Å². The average molecular weight is 142 g/mol. The normalized spacial score (nSPS) is 27.5. The van der Waals surface area contributed by atoms with Crippen LogP contribution in [0.15, 0.2) is 5.11 Å². The van der Waals surface area contributed by atoms with E-state index in [1.165, 1.54) is 0 Å². The van der Waals surface area contributed by atoms with Crippen molar-refractivity contribution in [2.45, 2.75) is 6.17 Å². The van der Waals surface area contributed by atoms with Gasteiger partial charge in [0.15, 0.2) is 0 Å². The maximum absolute atomic E-state index is 8.11. The van der Waals surface area contributed by atoms with Gasteiger partial charge in [-0.15, -0.1) is 0 Å². The highest BCUT2D eigenvalue weighted by molar-refractivity contribution is 4.69. The molecular formula is C5H10N4O. The monoisotopic (exact) mass is 142 g/mol. The Morgan fingerprint density at radius 1 is 1.80 bits per heavy atom. The number of morpholine rings is 1. The van der Waals surface area contributed by atoms with Crippen LogP contribution in [0.1, 0.15) is 0 Å². The molecule has 0 aromatic heterocycles. The van der Waals surface area contributed by atoms with Crippen LogP contribution in [0.4, 0.5) is 0 Å². The largest absolute Gasteiger partial charge is 0.378 e. The molecule has 5 nitrogen and oxygen atoms in total. The second kappa shape index (κ2) is 3.41. The lowest BCUT2D eigenvalue weighted by Gasteiger charge is -2.28. The number of hydrogen-bond donors (Lipinski definition) is 0. The Bertz CT molecular complexity index is 154. The van der Waals surface area contributed by atoms with Crippen LogP contribution in [-0.4, -0.2) is 37.9 Å². The molecule has 1 atom stereocenters. The van der Waals surface area contributed by atoms with Gasteiger partial charge in [-0.1, -0.05) is 5.11 Å². The standard InChI is InChI=1S/C5H10N4O/c1-9-2-3-10-4-5(9)7-8-6/h5H,2-4H2,1H3. The molecule has 1 unspecified atom stereocenters. The molecule has 1 aliphatic rings. The number of likely N-dealkylation sites (N-methyl/N-ethyl adjacent to an activating group) is 1. The third kappa shape index (κ3) is 1.60. The summed E-state index contributed by atoms with van der Waals surface area (Å²) in [4.78, 5) is 4.69. The van der Waals surface area contributed by atoms with Crippen LogP contribution in [0.5, 0.6) is 0 Å². The van der Waals surface area contributed by atoms with E-state index >= 15 is 0 Å². The molecule has 0 aromatic carbocycles. The van der Waals surface area contributed by atoms with E-state index in [-0.39, 0.29) is 6.17 Å². The molecular weight excluding hydrogens is 132 g/mol. The Kier molecular flexibility index (Phi) is 2.50. The molecule has 56 valence electrons. The number of azide groups is 1. The van der Waals surface area contributed by atoms with Crippen molar-refractivity contribution in [3.63, 3.8) is 0 Å². The Morgan fingerprint density at radius 3 is 3.20 bits per heavy atom. The second-order valence-corrected chi connectivity index (χ2v) is 2.24. The van der Waals surface area contributed by atoms with E-state index in [1.807, 2.05) is 11.9 Å². The molecule has 10 heavy (non-hydrogen) atoms. The maximum Gasteiger partial charge on any atom is 0.112 e. The molecule has 0 saturated carbocycles. The second-order valence-electron chi connectivity index (χ2n) is 2.24. The predicted octanol–water partition coefficient (Wildman–Crippen LogP) is 0.585. The van der Waals surface area contributed by atoms with Crippen molar-refractivity contribution in [1.82, 2.24) is 4.90 Å². The van der Waals surface area contributed by atoms with Gasteiger partial charge in [-0.2, -0.15) is 0 Å². The summed E-state index contributed by atoms with van der Waals surface area (Å²) in [5.74, 6) is 0. The minimum Gasteiger partial charge on any atom is -0.378 e. The van der Waals surface area contributed by atoms with Gasteiger partial charge >= 0.3 is 0 Å². The van der Waals surface area contributed by atoms with Crippen molar-refractivity contribution in [2.24, 2.45) is 5.11 Å². The summed E-state index contributed by atoms with van der Waals surface area (Å²) in [7, 11) is 1.92. The summed E-state index contributed by atoms with van der Waals surface area (Å²) in [6.45, 7) is 2.08. The van der Waals surface area contributed by atoms with E-state index in [1.54, 1.807) is 0 Å². The molecule has 1 aliphatic heterocycles. The first-order valence-corrected chi connectivity index (χ1v) is 3.17. The minimum atomic E-state index is -0.112. The van der Waals surface area contributed by atoms with Crippen LogP contribution in [0.3, 0.4) is 0 Å². The van der Waals surface area contributed by atoms with E-state index in [4.69, 9.17) is 10.3 Å². The van der Waals surface area contributed by atoms with Crippen LogP contribution in [0, 0.1) is 0 Å². The summed E-state index contributed by atoms with van der Waals surface area (Å²) in [5.41, 5.74) is 8.11. The molecule has 0 radical (unpaired) electrons. The highest BCUT2D eigenvalue weighted by atomic mass is 16.5. The zero-order valence-corrected chi connectivity index (χ0v) is 5.90. The van der Waals surface area contributed by atoms with Crippen molar-refractivity contribution in [2.75, 3.05) is 26.8 Å². The van der Waals surface area contributed by atoms with E-state index in [2.05, 4.69) is 10.0 Å². The first kappa shape index (κ1) is 7.34. The average Bonchev–Trinajstić information content (AvgIpc) is 1.94. The summed E-state index contributed by atoms with van der Waals surface area (Å²) in [5, 5.41) is 3.55. The van der Waals surface area contributed by atoms with Crippen LogP contribution < -0.4 is 0 Å². The molecule has 1 heterocycles.